The molecule has 9 nitrogen and oxygen atoms in total. The summed E-state index contributed by atoms with van der Waals surface area (Å²) in [6.45, 7) is 4.44. The molecule has 3 aromatic rings. The molecule has 0 spiro atoms. The standard InChI is InChI=1S/C19H19N7O2/c1-19(2)12-6-5-11(10-13(12)22-17(19)28)21-18-23-16-15(20-7-9-26(16)24-18)25-8-3-4-14(25)27/h5-7,9-10H,3-4,8H2,1-2H3,(H,21,24)(H,22,28). The molecule has 1 fully saturated rings. The van der Waals surface area contributed by atoms with Crippen molar-refractivity contribution in [2.45, 2.75) is 32.1 Å². The molecule has 28 heavy (non-hydrogen) atoms. The molecule has 9 heteroatoms. The van der Waals surface area contributed by atoms with Crippen molar-refractivity contribution >= 4 is 40.6 Å². The summed E-state index contributed by atoms with van der Waals surface area (Å²) in [4.78, 5) is 34.7. The van der Waals surface area contributed by atoms with Crippen LogP contribution in [0.25, 0.3) is 5.65 Å². The minimum atomic E-state index is -0.544. The molecule has 2 aliphatic heterocycles. The lowest BCUT2D eigenvalue weighted by Crippen LogP contribution is -2.26. The van der Waals surface area contributed by atoms with Crippen LogP contribution in [0.1, 0.15) is 32.3 Å². The number of fused-ring (bicyclic) bond motifs is 2. The summed E-state index contributed by atoms with van der Waals surface area (Å²) in [5, 5.41) is 10.5. The van der Waals surface area contributed by atoms with Gasteiger partial charge in [-0.15, -0.1) is 5.10 Å². The second-order valence-electron chi connectivity index (χ2n) is 7.57. The van der Waals surface area contributed by atoms with E-state index < -0.39 is 5.41 Å². The van der Waals surface area contributed by atoms with E-state index in [2.05, 4.69) is 25.7 Å². The molecule has 0 unspecified atom stereocenters. The first-order chi connectivity index (χ1) is 13.4. The molecule has 2 N–H and O–H groups in total. The molecule has 2 aromatic heterocycles. The van der Waals surface area contributed by atoms with E-state index in [1.165, 1.54) is 0 Å². The van der Waals surface area contributed by atoms with Crippen LogP contribution in [0.3, 0.4) is 0 Å². The molecule has 2 aliphatic rings. The van der Waals surface area contributed by atoms with Gasteiger partial charge in [0.05, 0.1) is 5.41 Å². The van der Waals surface area contributed by atoms with Crippen molar-refractivity contribution in [1.29, 1.82) is 0 Å². The summed E-state index contributed by atoms with van der Waals surface area (Å²) in [7, 11) is 0. The summed E-state index contributed by atoms with van der Waals surface area (Å²) in [6.07, 6.45) is 4.65. The molecule has 5 rings (SSSR count). The summed E-state index contributed by atoms with van der Waals surface area (Å²) < 4.78 is 1.61. The summed E-state index contributed by atoms with van der Waals surface area (Å²) in [6, 6.07) is 5.70. The molecule has 1 aromatic carbocycles. The normalized spacial score (nSPS) is 17.9. The van der Waals surface area contributed by atoms with E-state index in [0.717, 1.165) is 23.4 Å². The van der Waals surface area contributed by atoms with Gasteiger partial charge >= 0.3 is 0 Å². The van der Waals surface area contributed by atoms with Crippen LogP contribution < -0.4 is 15.5 Å². The first-order valence-electron chi connectivity index (χ1n) is 9.18. The molecule has 4 heterocycles. The predicted molar refractivity (Wildman–Crippen MR) is 104 cm³/mol. The van der Waals surface area contributed by atoms with Crippen molar-refractivity contribution in [1.82, 2.24) is 19.6 Å². The zero-order chi connectivity index (χ0) is 19.5. The molecular formula is C19H19N7O2. The maximum atomic E-state index is 12.1. The van der Waals surface area contributed by atoms with Gasteiger partial charge in [0.15, 0.2) is 5.82 Å². The van der Waals surface area contributed by atoms with Crippen LogP contribution in [0.5, 0.6) is 0 Å². The Bertz CT molecular complexity index is 1130. The number of carbonyl (C=O) groups excluding carboxylic acids is 2. The van der Waals surface area contributed by atoms with E-state index in [1.807, 2.05) is 32.0 Å². The molecule has 0 radical (unpaired) electrons. The van der Waals surface area contributed by atoms with E-state index in [0.29, 0.717) is 30.4 Å². The van der Waals surface area contributed by atoms with E-state index >= 15 is 0 Å². The topological polar surface area (TPSA) is 105 Å². The fourth-order valence-corrected chi connectivity index (χ4v) is 3.72. The van der Waals surface area contributed by atoms with Crippen molar-refractivity contribution in [3.8, 4) is 0 Å². The van der Waals surface area contributed by atoms with Gasteiger partial charge in [-0.2, -0.15) is 4.98 Å². The highest BCUT2D eigenvalue weighted by molar-refractivity contribution is 6.06. The van der Waals surface area contributed by atoms with Crippen LogP contribution in [0.4, 0.5) is 23.1 Å². The third-order valence-electron chi connectivity index (χ3n) is 5.33. The Hall–Kier alpha value is -3.49. The van der Waals surface area contributed by atoms with Gasteiger partial charge in [0.1, 0.15) is 0 Å². The Morgan fingerprint density at radius 2 is 2.11 bits per heavy atom. The zero-order valence-electron chi connectivity index (χ0n) is 15.6. The highest BCUT2D eigenvalue weighted by Crippen LogP contribution is 2.39. The van der Waals surface area contributed by atoms with Crippen LogP contribution in [-0.4, -0.2) is 37.9 Å². The number of benzene rings is 1. The Kier molecular flexibility index (Phi) is 3.42. The lowest BCUT2D eigenvalue weighted by atomic mass is 9.86. The van der Waals surface area contributed by atoms with Gasteiger partial charge in [-0.25, -0.2) is 9.50 Å². The quantitative estimate of drug-likeness (QED) is 0.725. The van der Waals surface area contributed by atoms with Crippen LogP contribution >= 0.6 is 0 Å². The van der Waals surface area contributed by atoms with Gasteiger partial charge in [-0.3, -0.25) is 14.5 Å². The molecule has 0 aliphatic carbocycles. The first-order valence-corrected chi connectivity index (χ1v) is 9.18. The third-order valence-corrected chi connectivity index (χ3v) is 5.33. The van der Waals surface area contributed by atoms with Gasteiger partial charge in [0.2, 0.25) is 23.4 Å². The van der Waals surface area contributed by atoms with Crippen LogP contribution in [0, 0.1) is 0 Å². The zero-order valence-corrected chi connectivity index (χ0v) is 15.6. The third kappa shape index (κ3) is 2.43. The summed E-state index contributed by atoms with van der Waals surface area (Å²) >= 11 is 0. The molecular weight excluding hydrogens is 358 g/mol. The Morgan fingerprint density at radius 3 is 2.89 bits per heavy atom. The van der Waals surface area contributed by atoms with Gasteiger partial charge in [-0.05, 0) is 38.0 Å². The van der Waals surface area contributed by atoms with Crippen LogP contribution in [0.2, 0.25) is 0 Å². The van der Waals surface area contributed by atoms with Crippen molar-refractivity contribution in [2.24, 2.45) is 0 Å². The van der Waals surface area contributed by atoms with E-state index in [9.17, 15) is 9.59 Å². The molecule has 1 saturated heterocycles. The summed E-state index contributed by atoms with van der Waals surface area (Å²) in [5.41, 5.74) is 2.49. The SMILES string of the molecule is CC1(C)C(=O)Nc2cc(Nc3nc4c(N5CCCC5=O)nccn4n3)ccc21. The van der Waals surface area contributed by atoms with Crippen molar-refractivity contribution in [2.75, 3.05) is 22.1 Å². The van der Waals surface area contributed by atoms with Gasteiger partial charge < -0.3 is 10.6 Å². The summed E-state index contributed by atoms with van der Waals surface area (Å²) in [5.74, 6) is 0.949. The van der Waals surface area contributed by atoms with Crippen molar-refractivity contribution < 1.29 is 9.59 Å². The molecule has 0 saturated carbocycles. The number of aromatic nitrogens is 4. The maximum Gasteiger partial charge on any atom is 0.247 e. The molecule has 0 bridgehead atoms. The fourth-order valence-electron chi connectivity index (χ4n) is 3.72. The number of nitrogens with zero attached hydrogens (tertiary/aromatic N) is 5. The minimum Gasteiger partial charge on any atom is -0.325 e. The lowest BCUT2D eigenvalue weighted by Gasteiger charge is -2.15. The van der Waals surface area contributed by atoms with Gasteiger partial charge in [-0.1, -0.05) is 6.07 Å². The highest BCUT2D eigenvalue weighted by atomic mass is 16.2. The number of nitrogens with one attached hydrogen (secondary N) is 2. The van der Waals surface area contributed by atoms with Crippen molar-refractivity contribution in [3.05, 3.63) is 36.2 Å². The van der Waals surface area contributed by atoms with Gasteiger partial charge in [0, 0.05) is 36.7 Å². The highest BCUT2D eigenvalue weighted by Gasteiger charge is 2.38. The average Bonchev–Trinajstić information content (AvgIpc) is 3.31. The Morgan fingerprint density at radius 1 is 1.25 bits per heavy atom. The van der Waals surface area contributed by atoms with E-state index in [4.69, 9.17) is 0 Å². The smallest absolute Gasteiger partial charge is 0.247 e. The lowest BCUT2D eigenvalue weighted by molar-refractivity contribution is -0.119. The second-order valence-corrected chi connectivity index (χ2v) is 7.57. The first kappa shape index (κ1) is 16.7. The molecule has 142 valence electrons. The largest absolute Gasteiger partial charge is 0.325 e. The average molecular weight is 377 g/mol. The van der Waals surface area contributed by atoms with Crippen molar-refractivity contribution in [3.63, 3.8) is 0 Å². The number of hydrogen-bond acceptors (Lipinski definition) is 6. The monoisotopic (exact) mass is 377 g/mol. The van der Waals surface area contributed by atoms with Crippen LogP contribution in [0.15, 0.2) is 30.6 Å². The number of rotatable bonds is 3. The Labute approximate surface area is 160 Å². The minimum absolute atomic E-state index is 0.0171. The number of amides is 2. The molecule has 2 amide bonds. The van der Waals surface area contributed by atoms with E-state index in [-0.39, 0.29) is 11.8 Å². The maximum absolute atomic E-state index is 12.1. The van der Waals surface area contributed by atoms with E-state index in [1.54, 1.807) is 21.8 Å². The van der Waals surface area contributed by atoms with Crippen LogP contribution in [-0.2, 0) is 15.0 Å². The number of anilines is 4. The predicted octanol–water partition coefficient (Wildman–Crippen LogP) is 2.22. The number of carbonyl (C=O) groups is 2. The second kappa shape index (κ2) is 5.75. The van der Waals surface area contributed by atoms with Gasteiger partial charge in [0.25, 0.3) is 0 Å². The Balaban J connectivity index is 1.48. The number of hydrogen-bond donors (Lipinski definition) is 2. The molecule has 0 atom stereocenters. The fraction of sp³-hybridized carbons (Fsp3) is 0.316.